The third kappa shape index (κ3) is 3.76. The predicted molar refractivity (Wildman–Crippen MR) is 66.7 cm³/mol. The van der Waals surface area contributed by atoms with E-state index in [-0.39, 0.29) is 0 Å². The highest BCUT2D eigenvalue weighted by Gasteiger charge is 2.09. The summed E-state index contributed by atoms with van der Waals surface area (Å²) in [5.74, 6) is 2.44. The fraction of sp³-hybridized carbons (Fsp3) is 0.750. The Kier molecular flexibility index (Phi) is 5.15. The van der Waals surface area contributed by atoms with Gasteiger partial charge >= 0.3 is 0 Å². The van der Waals surface area contributed by atoms with E-state index < -0.39 is 0 Å². The monoisotopic (exact) mass is 222 g/mol. The number of aryl methyl sites for hydroxylation is 2. The molecule has 0 radical (unpaired) electrons. The Morgan fingerprint density at radius 3 is 2.00 bits per heavy atom. The van der Waals surface area contributed by atoms with Gasteiger partial charge in [-0.25, -0.2) is 4.98 Å². The zero-order chi connectivity index (χ0) is 12.0. The highest BCUT2D eigenvalue weighted by molar-refractivity contribution is 5.29. The second kappa shape index (κ2) is 6.40. The SMILES string of the molecule is CCCCN(CCC)c1nc(C)nc(C)n1. The minimum Gasteiger partial charge on any atom is -0.341 e. The molecule has 0 fully saturated rings. The van der Waals surface area contributed by atoms with Crippen LogP contribution >= 0.6 is 0 Å². The third-order valence-corrected chi connectivity index (χ3v) is 2.41. The van der Waals surface area contributed by atoms with E-state index in [1.54, 1.807) is 0 Å². The van der Waals surface area contributed by atoms with Gasteiger partial charge in [-0.3, -0.25) is 0 Å². The van der Waals surface area contributed by atoms with Crippen LogP contribution < -0.4 is 4.90 Å². The van der Waals surface area contributed by atoms with E-state index in [2.05, 4.69) is 33.7 Å². The van der Waals surface area contributed by atoms with Crippen LogP contribution in [0, 0.1) is 13.8 Å². The Hall–Kier alpha value is -1.19. The minimum atomic E-state index is 0.806. The summed E-state index contributed by atoms with van der Waals surface area (Å²) in [5.41, 5.74) is 0. The molecule has 90 valence electrons. The lowest BCUT2D eigenvalue weighted by Gasteiger charge is -2.22. The fourth-order valence-electron chi connectivity index (χ4n) is 1.67. The van der Waals surface area contributed by atoms with Gasteiger partial charge in [0.15, 0.2) is 0 Å². The van der Waals surface area contributed by atoms with Crippen LogP contribution in [0.4, 0.5) is 5.95 Å². The Morgan fingerprint density at radius 1 is 0.875 bits per heavy atom. The number of nitrogens with zero attached hydrogens (tertiary/aromatic N) is 4. The highest BCUT2D eigenvalue weighted by Crippen LogP contribution is 2.09. The van der Waals surface area contributed by atoms with E-state index in [1.807, 2.05) is 13.8 Å². The second-order valence-electron chi connectivity index (χ2n) is 4.07. The molecule has 0 unspecified atom stereocenters. The van der Waals surface area contributed by atoms with Crippen molar-refractivity contribution in [1.29, 1.82) is 0 Å². The van der Waals surface area contributed by atoms with Gasteiger partial charge in [-0.2, -0.15) is 9.97 Å². The first-order valence-corrected chi connectivity index (χ1v) is 6.11. The Labute approximate surface area is 98.1 Å². The fourth-order valence-corrected chi connectivity index (χ4v) is 1.67. The maximum Gasteiger partial charge on any atom is 0.228 e. The minimum absolute atomic E-state index is 0.806. The van der Waals surface area contributed by atoms with Crippen molar-refractivity contribution < 1.29 is 0 Å². The summed E-state index contributed by atoms with van der Waals surface area (Å²) in [6.45, 7) is 10.3. The highest BCUT2D eigenvalue weighted by atomic mass is 15.3. The van der Waals surface area contributed by atoms with Crippen LogP contribution in [0.3, 0.4) is 0 Å². The molecule has 0 spiro atoms. The average Bonchev–Trinajstić information content (AvgIpc) is 2.22. The molecule has 0 amide bonds. The van der Waals surface area contributed by atoms with Gasteiger partial charge in [0.1, 0.15) is 11.6 Å². The Morgan fingerprint density at radius 2 is 1.50 bits per heavy atom. The molecular weight excluding hydrogens is 200 g/mol. The molecule has 1 aromatic heterocycles. The van der Waals surface area contributed by atoms with Gasteiger partial charge in [-0.1, -0.05) is 20.3 Å². The number of rotatable bonds is 6. The largest absolute Gasteiger partial charge is 0.341 e. The molecule has 0 aliphatic carbocycles. The van der Waals surface area contributed by atoms with E-state index in [1.165, 1.54) is 12.8 Å². The quantitative estimate of drug-likeness (QED) is 0.741. The first-order chi connectivity index (χ1) is 7.67. The predicted octanol–water partition coefficient (Wildman–Crippen LogP) is 2.50. The molecule has 1 heterocycles. The summed E-state index contributed by atoms with van der Waals surface area (Å²) in [7, 11) is 0. The molecule has 16 heavy (non-hydrogen) atoms. The second-order valence-corrected chi connectivity index (χ2v) is 4.07. The van der Waals surface area contributed by atoms with E-state index in [9.17, 15) is 0 Å². The normalized spacial score (nSPS) is 10.5. The summed E-state index contributed by atoms with van der Waals surface area (Å²) < 4.78 is 0. The van der Waals surface area contributed by atoms with Crippen LogP contribution in [0.25, 0.3) is 0 Å². The number of anilines is 1. The zero-order valence-electron chi connectivity index (χ0n) is 10.8. The maximum absolute atomic E-state index is 4.41. The van der Waals surface area contributed by atoms with Crippen molar-refractivity contribution in [3.8, 4) is 0 Å². The van der Waals surface area contributed by atoms with Crippen molar-refractivity contribution >= 4 is 5.95 Å². The summed E-state index contributed by atoms with van der Waals surface area (Å²) in [6.07, 6.45) is 3.50. The van der Waals surface area contributed by atoms with Gasteiger partial charge in [0.05, 0.1) is 0 Å². The van der Waals surface area contributed by atoms with Gasteiger partial charge < -0.3 is 4.90 Å². The van der Waals surface area contributed by atoms with Crippen molar-refractivity contribution in [2.24, 2.45) is 0 Å². The van der Waals surface area contributed by atoms with Gasteiger partial charge in [0.25, 0.3) is 0 Å². The van der Waals surface area contributed by atoms with Crippen molar-refractivity contribution in [2.45, 2.75) is 47.0 Å². The number of aromatic nitrogens is 3. The van der Waals surface area contributed by atoms with Crippen LogP contribution in [0.5, 0.6) is 0 Å². The number of hydrogen-bond acceptors (Lipinski definition) is 4. The Bertz CT molecular complexity index is 305. The molecule has 4 nitrogen and oxygen atoms in total. The molecule has 0 N–H and O–H groups in total. The van der Waals surface area contributed by atoms with Gasteiger partial charge in [-0.15, -0.1) is 0 Å². The third-order valence-electron chi connectivity index (χ3n) is 2.41. The lowest BCUT2D eigenvalue weighted by Crippen LogP contribution is -2.28. The topological polar surface area (TPSA) is 41.9 Å². The van der Waals surface area contributed by atoms with Crippen molar-refractivity contribution in [1.82, 2.24) is 15.0 Å². The van der Waals surface area contributed by atoms with Crippen molar-refractivity contribution in [3.05, 3.63) is 11.6 Å². The summed E-state index contributed by atoms with van der Waals surface area (Å²) in [4.78, 5) is 15.3. The van der Waals surface area contributed by atoms with Gasteiger partial charge in [0.2, 0.25) is 5.95 Å². The van der Waals surface area contributed by atoms with E-state index >= 15 is 0 Å². The maximum atomic E-state index is 4.41. The van der Waals surface area contributed by atoms with Crippen LogP contribution in [0.15, 0.2) is 0 Å². The molecule has 0 saturated carbocycles. The first kappa shape index (κ1) is 12.9. The molecule has 0 aromatic carbocycles. The standard InChI is InChI=1S/C12H22N4/c1-5-7-9-16(8-6-2)12-14-10(3)13-11(4)15-12/h5-9H2,1-4H3. The van der Waals surface area contributed by atoms with E-state index in [0.29, 0.717) is 0 Å². The summed E-state index contributed by atoms with van der Waals surface area (Å²) in [6, 6.07) is 0. The number of hydrogen-bond donors (Lipinski definition) is 0. The molecule has 4 heteroatoms. The first-order valence-electron chi connectivity index (χ1n) is 6.11. The van der Waals surface area contributed by atoms with Gasteiger partial charge in [0, 0.05) is 13.1 Å². The van der Waals surface area contributed by atoms with Crippen LogP contribution in [0.1, 0.15) is 44.8 Å². The summed E-state index contributed by atoms with van der Waals surface area (Å²) >= 11 is 0. The van der Waals surface area contributed by atoms with Crippen LogP contribution in [-0.2, 0) is 0 Å². The molecule has 0 aliphatic heterocycles. The van der Waals surface area contributed by atoms with E-state index in [4.69, 9.17) is 0 Å². The Balaban J connectivity index is 2.82. The smallest absolute Gasteiger partial charge is 0.228 e. The molecular formula is C12H22N4. The molecule has 1 rings (SSSR count). The molecule has 1 aromatic rings. The van der Waals surface area contributed by atoms with Crippen molar-refractivity contribution in [3.63, 3.8) is 0 Å². The number of unbranched alkanes of at least 4 members (excludes halogenated alkanes) is 1. The van der Waals surface area contributed by atoms with Crippen LogP contribution in [-0.4, -0.2) is 28.0 Å². The molecule has 0 bridgehead atoms. The zero-order valence-corrected chi connectivity index (χ0v) is 10.8. The average molecular weight is 222 g/mol. The van der Waals surface area contributed by atoms with Gasteiger partial charge in [-0.05, 0) is 26.7 Å². The van der Waals surface area contributed by atoms with Crippen molar-refractivity contribution in [2.75, 3.05) is 18.0 Å². The molecule has 0 atom stereocenters. The lowest BCUT2D eigenvalue weighted by molar-refractivity contribution is 0.679. The molecule has 0 aliphatic rings. The molecule has 0 saturated heterocycles. The van der Waals surface area contributed by atoms with Crippen LogP contribution in [0.2, 0.25) is 0 Å². The lowest BCUT2D eigenvalue weighted by atomic mass is 10.3. The van der Waals surface area contributed by atoms with E-state index in [0.717, 1.165) is 37.1 Å². The summed E-state index contributed by atoms with van der Waals surface area (Å²) in [5, 5.41) is 0.